The zero-order valence-electron chi connectivity index (χ0n) is 9.55. The van der Waals surface area contributed by atoms with Crippen molar-refractivity contribution in [1.82, 2.24) is 0 Å². The number of carbonyl (C=O) groups excluding carboxylic acids is 1. The van der Waals surface area contributed by atoms with Crippen molar-refractivity contribution in [1.29, 1.82) is 5.26 Å². The number of amides is 1. The van der Waals surface area contributed by atoms with E-state index in [0.29, 0.717) is 6.42 Å². The molecule has 1 amide bonds. The molecule has 1 atom stereocenters. The molecule has 0 aliphatic heterocycles. The number of rotatable bonds is 5. The van der Waals surface area contributed by atoms with Gasteiger partial charge in [-0.1, -0.05) is 12.1 Å². The Morgan fingerprint density at radius 3 is 2.59 bits per heavy atom. The van der Waals surface area contributed by atoms with Crippen LogP contribution in [-0.2, 0) is 11.2 Å². The van der Waals surface area contributed by atoms with E-state index in [1.165, 1.54) is 0 Å². The highest BCUT2D eigenvalue weighted by Crippen LogP contribution is 2.14. The lowest BCUT2D eigenvalue weighted by molar-refractivity contribution is 0.109. The third-order valence-electron chi connectivity index (χ3n) is 2.22. The number of hydrogen-bond acceptors (Lipinski definition) is 4. The maximum Gasteiger partial charge on any atom is 0.404 e. The smallest absolute Gasteiger partial charge is 0.404 e. The number of carbonyl (C=O) groups is 1. The van der Waals surface area contributed by atoms with Crippen LogP contribution in [0.2, 0.25) is 0 Å². The van der Waals surface area contributed by atoms with Gasteiger partial charge in [-0.05, 0) is 17.7 Å². The van der Waals surface area contributed by atoms with Crippen molar-refractivity contribution in [3.63, 3.8) is 0 Å². The van der Waals surface area contributed by atoms with Crippen molar-refractivity contribution >= 4 is 6.09 Å². The number of nitriles is 1. The molecule has 0 fully saturated rings. The summed E-state index contributed by atoms with van der Waals surface area (Å²) in [5.41, 5.74) is 5.88. The molecule has 0 aliphatic rings. The van der Waals surface area contributed by atoms with Crippen molar-refractivity contribution in [2.24, 2.45) is 5.73 Å². The topological polar surface area (TPSA) is 85.3 Å². The molecule has 0 unspecified atom stereocenters. The van der Waals surface area contributed by atoms with Gasteiger partial charge in [0.25, 0.3) is 0 Å². The molecule has 1 aromatic carbocycles. The molecule has 0 aromatic heterocycles. The maximum absolute atomic E-state index is 10.6. The van der Waals surface area contributed by atoms with E-state index >= 15 is 0 Å². The van der Waals surface area contributed by atoms with Crippen LogP contribution in [0.15, 0.2) is 24.3 Å². The molecular formula is C12H14N2O3. The lowest BCUT2D eigenvalue weighted by Crippen LogP contribution is -2.24. The molecule has 2 N–H and O–H groups in total. The molecule has 1 rings (SSSR count). The number of ether oxygens (including phenoxy) is 2. The van der Waals surface area contributed by atoms with Crippen LogP contribution in [0.4, 0.5) is 4.79 Å². The summed E-state index contributed by atoms with van der Waals surface area (Å²) in [6.07, 6.45) is -0.792. The molecule has 0 saturated heterocycles. The average molecular weight is 234 g/mol. The monoisotopic (exact) mass is 234 g/mol. The zero-order valence-corrected chi connectivity index (χ0v) is 9.55. The lowest BCUT2D eigenvalue weighted by Gasteiger charge is -2.13. The average Bonchev–Trinajstić information content (AvgIpc) is 2.29. The zero-order chi connectivity index (χ0) is 12.7. The van der Waals surface area contributed by atoms with E-state index in [9.17, 15) is 4.79 Å². The molecular weight excluding hydrogens is 220 g/mol. The molecule has 0 spiro atoms. The molecule has 1 aromatic rings. The van der Waals surface area contributed by atoms with Gasteiger partial charge in [-0.15, -0.1) is 0 Å². The fourth-order valence-electron chi connectivity index (χ4n) is 1.45. The summed E-state index contributed by atoms with van der Waals surface area (Å²) < 4.78 is 9.86. The first-order valence-electron chi connectivity index (χ1n) is 5.11. The van der Waals surface area contributed by atoms with E-state index in [1.54, 1.807) is 7.11 Å². The highest BCUT2D eigenvalue weighted by atomic mass is 16.6. The van der Waals surface area contributed by atoms with Gasteiger partial charge in [-0.25, -0.2) is 4.79 Å². The van der Waals surface area contributed by atoms with E-state index in [0.717, 1.165) is 11.3 Å². The number of methoxy groups -OCH3 is 1. The second kappa shape index (κ2) is 6.38. The van der Waals surface area contributed by atoms with Crippen LogP contribution in [0.5, 0.6) is 5.75 Å². The minimum atomic E-state index is -0.862. The molecule has 5 heteroatoms. The minimum absolute atomic E-state index is 0.120. The molecule has 0 radical (unpaired) electrons. The van der Waals surface area contributed by atoms with E-state index in [-0.39, 0.29) is 6.42 Å². The van der Waals surface area contributed by atoms with Crippen LogP contribution in [0.3, 0.4) is 0 Å². The third-order valence-corrected chi connectivity index (χ3v) is 2.22. The Labute approximate surface area is 99.7 Å². The van der Waals surface area contributed by atoms with E-state index in [4.69, 9.17) is 20.5 Å². The van der Waals surface area contributed by atoms with Crippen molar-refractivity contribution < 1.29 is 14.3 Å². The lowest BCUT2D eigenvalue weighted by atomic mass is 10.1. The van der Waals surface area contributed by atoms with Crippen LogP contribution in [-0.4, -0.2) is 19.3 Å². The first-order valence-corrected chi connectivity index (χ1v) is 5.11. The third kappa shape index (κ3) is 4.43. The summed E-state index contributed by atoms with van der Waals surface area (Å²) >= 11 is 0. The maximum atomic E-state index is 10.6. The van der Waals surface area contributed by atoms with Crippen LogP contribution >= 0.6 is 0 Å². The number of primary amides is 1. The van der Waals surface area contributed by atoms with Gasteiger partial charge in [-0.2, -0.15) is 5.26 Å². The Bertz CT molecular complexity index is 409. The van der Waals surface area contributed by atoms with E-state index in [1.807, 2.05) is 30.3 Å². The predicted molar refractivity (Wildman–Crippen MR) is 61.4 cm³/mol. The summed E-state index contributed by atoms with van der Waals surface area (Å²) in [5.74, 6) is 0.751. The summed E-state index contributed by atoms with van der Waals surface area (Å²) in [4.78, 5) is 10.6. The SMILES string of the molecule is COc1ccc(C[C@@H](CC#N)OC(N)=O)cc1. The Morgan fingerprint density at radius 1 is 1.47 bits per heavy atom. The Kier molecular flexibility index (Phi) is 4.82. The van der Waals surface area contributed by atoms with Gasteiger partial charge in [-0.3, -0.25) is 0 Å². The van der Waals surface area contributed by atoms with Crippen LogP contribution < -0.4 is 10.5 Å². The molecule has 90 valence electrons. The van der Waals surface area contributed by atoms with Gasteiger partial charge in [0.1, 0.15) is 11.9 Å². The van der Waals surface area contributed by atoms with Gasteiger partial charge in [0.2, 0.25) is 0 Å². The fourth-order valence-corrected chi connectivity index (χ4v) is 1.45. The first-order chi connectivity index (χ1) is 8.15. The molecule has 5 nitrogen and oxygen atoms in total. The van der Waals surface area contributed by atoms with Crippen molar-refractivity contribution in [3.05, 3.63) is 29.8 Å². The van der Waals surface area contributed by atoms with Gasteiger partial charge >= 0.3 is 6.09 Å². The van der Waals surface area contributed by atoms with Crippen LogP contribution in [0.1, 0.15) is 12.0 Å². The minimum Gasteiger partial charge on any atom is -0.497 e. The number of nitrogens with zero attached hydrogens (tertiary/aromatic N) is 1. The summed E-state index contributed by atoms with van der Waals surface area (Å²) in [6.45, 7) is 0. The number of benzene rings is 1. The van der Waals surface area contributed by atoms with Gasteiger partial charge in [0, 0.05) is 6.42 Å². The largest absolute Gasteiger partial charge is 0.497 e. The summed E-state index contributed by atoms with van der Waals surface area (Å²) in [7, 11) is 1.59. The predicted octanol–water partition coefficient (Wildman–Crippen LogP) is 1.62. The number of nitrogens with two attached hydrogens (primary N) is 1. The number of hydrogen-bond donors (Lipinski definition) is 1. The molecule has 0 heterocycles. The standard InChI is InChI=1S/C12H14N2O3/c1-16-10-4-2-9(3-5-10)8-11(6-7-13)17-12(14)15/h2-5,11H,6,8H2,1H3,(H2,14,15)/t11-/m1/s1. The Balaban J connectivity index is 2.65. The second-order valence-electron chi connectivity index (χ2n) is 3.47. The Hall–Kier alpha value is -2.22. The van der Waals surface area contributed by atoms with Crippen molar-refractivity contribution in [2.75, 3.05) is 7.11 Å². The summed E-state index contributed by atoms with van der Waals surface area (Å²) in [6, 6.07) is 9.29. The first kappa shape index (κ1) is 12.8. The van der Waals surface area contributed by atoms with Crippen molar-refractivity contribution in [2.45, 2.75) is 18.9 Å². The normalized spacial score (nSPS) is 11.3. The quantitative estimate of drug-likeness (QED) is 0.838. The van der Waals surface area contributed by atoms with Crippen LogP contribution in [0.25, 0.3) is 0 Å². The second-order valence-corrected chi connectivity index (χ2v) is 3.47. The van der Waals surface area contributed by atoms with E-state index in [2.05, 4.69) is 0 Å². The molecule has 0 aliphatic carbocycles. The molecule has 0 saturated carbocycles. The summed E-state index contributed by atoms with van der Waals surface area (Å²) in [5, 5.41) is 8.61. The van der Waals surface area contributed by atoms with Crippen LogP contribution in [0, 0.1) is 11.3 Å². The highest BCUT2D eigenvalue weighted by Gasteiger charge is 2.13. The van der Waals surface area contributed by atoms with E-state index < -0.39 is 12.2 Å². The molecule has 0 bridgehead atoms. The van der Waals surface area contributed by atoms with Crippen molar-refractivity contribution in [3.8, 4) is 11.8 Å². The Morgan fingerprint density at radius 2 is 2.12 bits per heavy atom. The fraction of sp³-hybridized carbons (Fsp3) is 0.333. The van der Waals surface area contributed by atoms with Gasteiger partial charge in [0.15, 0.2) is 0 Å². The van der Waals surface area contributed by atoms with Gasteiger partial charge in [0.05, 0.1) is 19.6 Å². The molecule has 17 heavy (non-hydrogen) atoms. The van der Waals surface area contributed by atoms with Gasteiger partial charge < -0.3 is 15.2 Å². The highest BCUT2D eigenvalue weighted by molar-refractivity contribution is 5.64.